The maximum atomic E-state index is 9.47. The number of hydrogen-bond acceptors (Lipinski definition) is 7. The van der Waals surface area contributed by atoms with Crippen LogP contribution in [0.25, 0.3) is 0 Å². The van der Waals surface area contributed by atoms with Crippen molar-refractivity contribution in [2.75, 3.05) is 19.8 Å². The minimum atomic E-state index is -1.21. The number of carboxylic acid groups (broad SMARTS) is 2. The van der Waals surface area contributed by atoms with E-state index in [9.17, 15) is 19.8 Å². The Morgan fingerprint density at radius 3 is 1.80 bits per heavy atom. The van der Waals surface area contributed by atoms with Crippen LogP contribution in [0.15, 0.2) is 4.99 Å². The fraction of sp³-hybridized carbons (Fsp3) is 0.500. The molecule has 0 aromatic heterocycles. The maximum Gasteiger partial charge on any atom is 1.00 e. The van der Waals surface area contributed by atoms with Crippen molar-refractivity contribution in [3.05, 3.63) is 0 Å². The standard InChI is InChI=1S/C3H7NO3.C3H5NO2.2Na/c5-2-4-1-3(6)7;1-4-2-3(5)6;;/h4-5H,1-2H2,(H,6,7);1-2H2,(H,5,6);;/q;;2*+1/p-2. The summed E-state index contributed by atoms with van der Waals surface area (Å²) in [4.78, 5) is 21.9. The van der Waals surface area contributed by atoms with Gasteiger partial charge in [-0.25, -0.2) is 0 Å². The number of aliphatic carboxylic acids is 2. The summed E-state index contributed by atoms with van der Waals surface area (Å²) in [5.41, 5.74) is 0. The predicted octanol–water partition coefficient (Wildman–Crippen LogP) is -10.3. The third-order valence-electron chi connectivity index (χ3n) is 0.622. The van der Waals surface area contributed by atoms with Gasteiger partial charge in [-0.3, -0.25) is 10.3 Å². The molecule has 0 aliphatic carbocycles. The molecule has 0 unspecified atom stereocenters. The van der Waals surface area contributed by atoms with Gasteiger partial charge in [0, 0.05) is 6.54 Å². The zero-order chi connectivity index (χ0) is 10.7. The number of hydrogen-bond donors (Lipinski definition) is 2. The molecule has 0 aromatic rings. The number of rotatable bonds is 5. The summed E-state index contributed by atoms with van der Waals surface area (Å²) in [6, 6.07) is 0. The van der Waals surface area contributed by atoms with Crippen LogP contribution < -0.4 is 74.6 Å². The molecule has 0 saturated carbocycles. The Bertz CT molecular complexity index is 179. The summed E-state index contributed by atoms with van der Waals surface area (Å²) >= 11 is 0. The van der Waals surface area contributed by atoms with Gasteiger partial charge in [-0.2, -0.15) is 0 Å². The molecule has 0 fully saturated rings. The maximum absolute atomic E-state index is 9.47. The van der Waals surface area contributed by atoms with Crippen molar-refractivity contribution in [3.63, 3.8) is 0 Å². The van der Waals surface area contributed by atoms with Crippen molar-refractivity contribution in [1.29, 1.82) is 0 Å². The van der Waals surface area contributed by atoms with Gasteiger partial charge in [-0.15, -0.1) is 0 Å². The Hall–Kier alpha value is 0.530. The SMILES string of the molecule is C=NCC(=O)[O-].O=C([O-])CNCO.[Na+].[Na+]. The number of aliphatic hydroxyl groups is 1. The topological polar surface area (TPSA) is 125 Å². The molecule has 0 atom stereocenters. The van der Waals surface area contributed by atoms with Crippen molar-refractivity contribution < 1.29 is 84.0 Å². The number of carbonyl (C=O) groups excluding carboxylic acids is 2. The van der Waals surface area contributed by atoms with Crippen LogP contribution in [0.5, 0.6) is 0 Å². The summed E-state index contributed by atoms with van der Waals surface area (Å²) in [6.07, 6.45) is 0. The Labute approximate surface area is 132 Å². The molecule has 15 heavy (non-hydrogen) atoms. The number of aliphatic imine (C=N–C) groups is 1. The van der Waals surface area contributed by atoms with Crippen LogP contribution in [0.1, 0.15) is 0 Å². The Morgan fingerprint density at radius 2 is 1.73 bits per heavy atom. The van der Waals surface area contributed by atoms with Gasteiger partial charge in [0.1, 0.15) is 0 Å². The molecule has 2 N–H and O–H groups in total. The quantitative estimate of drug-likeness (QED) is 0.277. The van der Waals surface area contributed by atoms with E-state index < -0.39 is 11.9 Å². The van der Waals surface area contributed by atoms with Gasteiger partial charge in [-0.1, -0.05) is 0 Å². The second-order valence-electron chi connectivity index (χ2n) is 1.71. The van der Waals surface area contributed by atoms with E-state index in [2.05, 4.69) is 17.0 Å². The molecule has 0 bridgehead atoms. The van der Waals surface area contributed by atoms with Crippen LogP contribution in [-0.2, 0) is 9.59 Å². The number of nitrogens with zero attached hydrogens (tertiary/aromatic N) is 1. The molecule has 0 aliphatic heterocycles. The molecule has 0 saturated heterocycles. The molecular formula is C6H10N2Na2O5. The number of aliphatic hydroxyl groups excluding tert-OH is 1. The van der Waals surface area contributed by atoms with Gasteiger partial charge in [0.25, 0.3) is 0 Å². The summed E-state index contributed by atoms with van der Waals surface area (Å²) in [7, 11) is 0. The van der Waals surface area contributed by atoms with Gasteiger partial charge < -0.3 is 24.9 Å². The molecule has 0 spiro atoms. The zero-order valence-corrected chi connectivity index (χ0v) is 12.9. The predicted molar refractivity (Wildman–Crippen MR) is 39.5 cm³/mol. The molecule has 0 heterocycles. The first-order valence-corrected chi connectivity index (χ1v) is 3.18. The zero-order valence-electron chi connectivity index (χ0n) is 8.86. The third-order valence-corrected chi connectivity index (χ3v) is 0.622. The van der Waals surface area contributed by atoms with Gasteiger partial charge in [0.2, 0.25) is 0 Å². The average Bonchev–Trinajstić information content (AvgIpc) is 2.01. The van der Waals surface area contributed by atoms with Crippen molar-refractivity contribution in [2.24, 2.45) is 4.99 Å². The fourth-order valence-electron chi connectivity index (χ4n) is 0.249. The minimum Gasteiger partial charge on any atom is -0.549 e. The summed E-state index contributed by atoms with van der Waals surface area (Å²) in [6.45, 7) is 2.00. The van der Waals surface area contributed by atoms with Crippen molar-refractivity contribution in [2.45, 2.75) is 0 Å². The number of carbonyl (C=O) groups is 2. The van der Waals surface area contributed by atoms with Crippen LogP contribution in [0, 0.1) is 0 Å². The Balaban J connectivity index is -0.0000000718. The van der Waals surface area contributed by atoms with Crippen LogP contribution in [-0.4, -0.2) is 43.6 Å². The molecule has 9 heteroatoms. The molecule has 0 aromatic carbocycles. The van der Waals surface area contributed by atoms with E-state index in [1.807, 2.05) is 0 Å². The molecular weight excluding hydrogens is 226 g/mol. The Morgan fingerprint density at radius 1 is 1.27 bits per heavy atom. The Kier molecular flexibility index (Phi) is 32.9. The molecule has 76 valence electrons. The van der Waals surface area contributed by atoms with E-state index in [0.717, 1.165) is 0 Å². The second-order valence-corrected chi connectivity index (χ2v) is 1.71. The van der Waals surface area contributed by atoms with E-state index in [0.29, 0.717) is 0 Å². The first-order chi connectivity index (χ1) is 6.04. The summed E-state index contributed by atoms with van der Waals surface area (Å²) in [5, 5.41) is 28.9. The van der Waals surface area contributed by atoms with Crippen molar-refractivity contribution in [1.82, 2.24) is 5.32 Å². The number of nitrogens with one attached hydrogen (secondary N) is 1. The van der Waals surface area contributed by atoms with E-state index in [1.165, 1.54) is 0 Å². The van der Waals surface area contributed by atoms with Crippen molar-refractivity contribution >= 4 is 18.7 Å². The van der Waals surface area contributed by atoms with Gasteiger partial charge >= 0.3 is 59.1 Å². The van der Waals surface area contributed by atoms with Crippen molar-refractivity contribution in [3.8, 4) is 0 Å². The molecule has 0 rings (SSSR count). The van der Waals surface area contributed by atoms with E-state index in [4.69, 9.17) is 5.11 Å². The van der Waals surface area contributed by atoms with Crippen LogP contribution in [0.3, 0.4) is 0 Å². The van der Waals surface area contributed by atoms with Gasteiger partial charge in [-0.05, 0) is 6.72 Å². The minimum absolute atomic E-state index is 0. The van der Waals surface area contributed by atoms with E-state index in [1.54, 1.807) is 0 Å². The molecule has 7 nitrogen and oxygen atoms in total. The number of carboxylic acids is 2. The van der Waals surface area contributed by atoms with E-state index >= 15 is 0 Å². The average molecular weight is 236 g/mol. The molecule has 0 radical (unpaired) electrons. The van der Waals surface area contributed by atoms with Crippen LogP contribution in [0.4, 0.5) is 0 Å². The third kappa shape index (κ3) is 40.2. The monoisotopic (exact) mass is 236 g/mol. The second kappa shape index (κ2) is 20.0. The van der Waals surface area contributed by atoms with Gasteiger partial charge in [0.05, 0.1) is 25.2 Å². The first kappa shape index (κ1) is 24.7. The smallest absolute Gasteiger partial charge is 0.549 e. The molecule has 0 aliphatic rings. The summed E-state index contributed by atoms with van der Waals surface area (Å²) in [5.74, 6) is -2.40. The summed E-state index contributed by atoms with van der Waals surface area (Å²) < 4.78 is 0. The van der Waals surface area contributed by atoms with Gasteiger partial charge in [0.15, 0.2) is 0 Å². The largest absolute Gasteiger partial charge is 1.00 e. The fourth-order valence-corrected chi connectivity index (χ4v) is 0.249. The van der Waals surface area contributed by atoms with E-state index in [-0.39, 0.29) is 78.9 Å². The van der Waals surface area contributed by atoms with Crippen LogP contribution in [0.2, 0.25) is 0 Å². The normalized spacial score (nSPS) is 7.00. The van der Waals surface area contributed by atoms with Crippen LogP contribution >= 0.6 is 0 Å². The molecule has 0 amide bonds. The first-order valence-electron chi connectivity index (χ1n) is 3.18.